The first-order valence-corrected chi connectivity index (χ1v) is 5.46. The summed E-state index contributed by atoms with van der Waals surface area (Å²) in [7, 11) is 0. The van der Waals surface area contributed by atoms with E-state index in [0.717, 1.165) is 0 Å². The molecule has 3 N–H and O–H groups in total. The summed E-state index contributed by atoms with van der Waals surface area (Å²) in [5.41, 5.74) is 2.92. The number of nitrogens with one attached hydrogen (secondary N) is 1. The Labute approximate surface area is 107 Å². The lowest BCUT2D eigenvalue weighted by Gasteiger charge is -2.15. The molecule has 0 amide bonds. The fourth-order valence-electron chi connectivity index (χ4n) is 1.21. The molecule has 0 fully saturated rings. The van der Waals surface area contributed by atoms with Gasteiger partial charge in [-0.15, -0.1) is 0 Å². The molecule has 19 heavy (non-hydrogen) atoms. The quantitative estimate of drug-likeness (QED) is 0.453. The number of hydrogen-bond acceptors (Lipinski definition) is 5. The maximum atomic E-state index is 12.6. The van der Waals surface area contributed by atoms with E-state index in [4.69, 9.17) is 5.84 Å². The van der Waals surface area contributed by atoms with E-state index in [9.17, 15) is 17.6 Å². The average molecular weight is 282 g/mol. The van der Waals surface area contributed by atoms with Crippen molar-refractivity contribution >= 4 is 5.82 Å². The Morgan fingerprint density at radius 3 is 2.63 bits per heavy atom. The molecule has 0 spiro atoms. The number of alkyl halides is 4. The first kappa shape index (κ1) is 15.6. The minimum absolute atomic E-state index is 0.0948. The molecular formula is C10H14F4N4O. The molecule has 0 aliphatic heterocycles. The maximum absolute atomic E-state index is 12.6. The van der Waals surface area contributed by atoms with Crippen LogP contribution in [0.5, 0.6) is 0 Å². The van der Waals surface area contributed by atoms with Gasteiger partial charge in [-0.05, 0) is 6.42 Å². The molecule has 1 heterocycles. The third-order valence-corrected chi connectivity index (χ3v) is 2.18. The van der Waals surface area contributed by atoms with Crippen LogP contribution in [-0.4, -0.2) is 28.9 Å². The van der Waals surface area contributed by atoms with Gasteiger partial charge in [-0.2, -0.15) is 8.78 Å². The summed E-state index contributed by atoms with van der Waals surface area (Å²) in [6.07, 6.45) is -3.19. The molecule has 1 aromatic rings. The molecule has 9 heteroatoms. The Morgan fingerprint density at radius 2 is 2.11 bits per heavy atom. The van der Waals surface area contributed by atoms with Crippen molar-refractivity contribution in [2.45, 2.75) is 32.3 Å². The van der Waals surface area contributed by atoms with E-state index >= 15 is 0 Å². The second-order valence-electron chi connectivity index (χ2n) is 3.71. The van der Waals surface area contributed by atoms with Gasteiger partial charge in [0.1, 0.15) is 19.0 Å². The normalized spacial score (nSPS) is 11.9. The standard InChI is InChI=1S/C10H14F4N4O/c1-2-6-3-7(18-15)17-8(16-6)4-19-5-10(13,14)9(11)12/h3,9H,2,4-5,15H2,1H3,(H,16,17,18). The first-order chi connectivity index (χ1) is 8.89. The Hall–Kier alpha value is -1.48. The second-order valence-corrected chi connectivity index (χ2v) is 3.71. The highest BCUT2D eigenvalue weighted by molar-refractivity contribution is 5.34. The van der Waals surface area contributed by atoms with Gasteiger partial charge in [-0.25, -0.2) is 24.6 Å². The molecule has 0 radical (unpaired) electrons. The number of nitrogen functional groups attached to an aromatic ring is 1. The molecule has 0 aliphatic carbocycles. The predicted molar refractivity (Wildman–Crippen MR) is 59.8 cm³/mol. The highest BCUT2D eigenvalue weighted by atomic mass is 19.3. The van der Waals surface area contributed by atoms with E-state index in [-0.39, 0.29) is 5.82 Å². The third-order valence-electron chi connectivity index (χ3n) is 2.18. The molecule has 0 bridgehead atoms. The number of anilines is 1. The number of nitrogens with two attached hydrogens (primary N) is 1. The zero-order valence-electron chi connectivity index (χ0n) is 10.2. The van der Waals surface area contributed by atoms with Gasteiger partial charge >= 0.3 is 12.3 Å². The fourth-order valence-corrected chi connectivity index (χ4v) is 1.21. The summed E-state index contributed by atoms with van der Waals surface area (Å²) in [5.74, 6) is 1.39. The minimum atomic E-state index is -4.18. The fraction of sp³-hybridized carbons (Fsp3) is 0.600. The summed E-state index contributed by atoms with van der Waals surface area (Å²) in [5, 5.41) is 0. The van der Waals surface area contributed by atoms with Crippen molar-refractivity contribution in [2.24, 2.45) is 5.84 Å². The van der Waals surface area contributed by atoms with Crippen LogP contribution in [0.4, 0.5) is 23.4 Å². The van der Waals surface area contributed by atoms with Crippen LogP contribution >= 0.6 is 0 Å². The van der Waals surface area contributed by atoms with Gasteiger partial charge in [0.25, 0.3) is 0 Å². The average Bonchev–Trinajstić information content (AvgIpc) is 2.37. The SMILES string of the molecule is CCc1cc(NN)nc(COCC(F)(F)C(F)F)n1. The summed E-state index contributed by atoms with van der Waals surface area (Å²) in [6, 6.07) is 1.58. The highest BCUT2D eigenvalue weighted by Gasteiger charge is 2.40. The Kier molecular flexibility index (Phi) is 5.43. The van der Waals surface area contributed by atoms with Crippen molar-refractivity contribution in [3.05, 3.63) is 17.6 Å². The first-order valence-electron chi connectivity index (χ1n) is 5.46. The molecule has 0 saturated heterocycles. The summed E-state index contributed by atoms with van der Waals surface area (Å²) < 4.78 is 53.5. The van der Waals surface area contributed by atoms with Gasteiger partial charge in [-0.1, -0.05) is 6.92 Å². The van der Waals surface area contributed by atoms with Crippen molar-refractivity contribution in [3.8, 4) is 0 Å². The number of ether oxygens (including phenoxy) is 1. The number of nitrogens with zero attached hydrogens (tertiary/aromatic N) is 2. The summed E-state index contributed by atoms with van der Waals surface area (Å²) >= 11 is 0. The lowest BCUT2D eigenvalue weighted by atomic mass is 10.3. The molecule has 0 atom stereocenters. The molecular weight excluding hydrogens is 268 g/mol. The lowest BCUT2D eigenvalue weighted by Crippen LogP contribution is -2.32. The smallest absolute Gasteiger partial charge is 0.330 e. The van der Waals surface area contributed by atoms with E-state index < -0.39 is 25.6 Å². The van der Waals surface area contributed by atoms with Crippen LogP contribution in [0.2, 0.25) is 0 Å². The van der Waals surface area contributed by atoms with E-state index in [1.54, 1.807) is 6.07 Å². The molecule has 5 nitrogen and oxygen atoms in total. The summed E-state index contributed by atoms with van der Waals surface area (Å²) in [6.45, 7) is 0.0405. The van der Waals surface area contributed by atoms with Crippen LogP contribution in [0.1, 0.15) is 18.4 Å². The van der Waals surface area contributed by atoms with Gasteiger partial charge in [0.05, 0.1) is 0 Å². The second kappa shape index (κ2) is 6.62. The predicted octanol–water partition coefficient (Wildman–Crippen LogP) is 1.74. The molecule has 0 aromatic carbocycles. The number of hydrogen-bond donors (Lipinski definition) is 2. The van der Waals surface area contributed by atoms with Crippen LogP contribution < -0.4 is 11.3 Å². The molecule has 0 saturated carbocycles. The number of halogens is 4. The minimum Gasteiger partial charge on any atom is -0.367 e. The Morgan fingerprint density at radius 1 is 1.42 bits per heavy atom. The number of hydrazine groups is 1. The van der Waals surface area contributed by atoms with Crippen LogP contribution in [0.25, 0.3) is 0 Å². The van der Waals surface area contributed by atoms with Crippen LogP contribution in [0, 0.1) is 0 Å². The topological polar surface area (TPSA) is 73.1 Å². The molecule has 1 aromatic heterocycles. The zero-order chi connectivity index (χ0) is 14.5. The van der Waals surface area contributed by atoms with Gasteiger partial charge in [-0.3, -0.25) is 0 Å². The van der Waals surface area contributed by atoms with E-state index in [2.05, 4.69) is 20.1 Å². The highest BCUT2D eigenvalue weighted by Crippen LogP contribution is 2.23. The molecule has 1 rings (SSSR count). The van der Waals surface area contributed by atoms with E-state index in [1.807, 2.05) is 6.92 Å². The third kappa shape index (κ3) is 4.60. The summed E-state index contributed by atoms with van der Waals surface area (Å²) in [4.78, 5) is 7.86. The number of aromatic nitrogens is 2. The van der Waals surface area contributed by atoms with E-state index in [1.165, 1.54) is 0 Å². The van der Waals surface area contributed by atoms with Gasteiger partial charge in [0.2, 0.25) is 0 Å². The van der Waals surface area contributed by atoms with Crippen molar-refractivity contribution in [1.82, 2.24) is 9.97 Å². The van der Waals surface area contributed by atoms with Crippen LogP contribution in [0.15, 0.2) is 6.07 Å². The van der Waals surface area contributed by atoms with Crippen molar-refractivity contribution in [3.63, 3.8) is 0 Å². The molecule has 0 unspecified atom stereocenters. The lowest BCUT2D eigenvalue weighted by molar-refractivity contribution is -0.168. The van der Waals surface area contributed by atoms with E-state index in [0.29, 0.717) is 17.9 Å². The van der Waals surface area contributed by atoms with Crippen LogP contribution in [-0.2, 0) is 17.8 Å². The van der Waals surface area contributed by atoms with Crippen molar-refractivity contribution in [1.29, 1.82) is 0 Å². The zero-order valence-corrected chi connectivity index (χ0v) is 10.2. The largest absolute Gasteiger partial charge is 0.367 e. The molecule has 0 aliphatic rings. The van der Waals surface area contributed by atoms with Crippen molar-refractivity contribution in [2.75, 3.05) is 12.0 Å². The Bertz CT molecular complexity index is 394. The van der Waals surface area contributed by atoms with Gasteiger partial charge in [0.15, 0.2) is 5.82 Å². The molecule has 108 valence electrons. The van der Waals surface area contributed by atoms with Gasteiger partial charge < -0.3 is 10.2 Å². The maximum Gasteiger partial charge on any atom is 0.330 e. The van der Waals surface area contributed by atoms with Crippen molar-refractivity contribution < 1.29 is 22.3 Å². The number of aryl methyl sites for hydroxylation is 1. The van der Waals surface area contributed by atoms with Gasteiger partial charge in [0, 0.05) is 11.8 Å². The van der Waals surface area contributed by atoms with Crippen LogP contribution in [0.3, 0.4) is 0 Å². The Balaban J connectivity index is 2.62. The number of rotatable bonds is 7. The monoisotopic (exact) mass is 282 g/mol.